The van der Waals surface area contributed by atoms with Gasteiger partial charge in [0, 0.05) is 20.1 Å². The summed E-state index contributed by atoms with van der Waals surface area (Å²) in [7, 11) is 1.81. The normalized spacial score (nSPS) is 11.4. The summed E-state index contributed by atoms with van der Waals surface area (Å²) in [6.45, 7) is 6.18. The van der Waals surface area contributed by atoms with E-state index in [0.29, 0.717) is 0 Å². The van der Waals surface area contributed by atoms with Gasteiger partial charge < -0.3 is 10.6 Å². The molecule has 0 aliphatic rings. The van der Waals surface area contributed by atoms with Crippen molar-refractivity contribution in [1.82, 2.24) is 10.6 Å². The minimum absolute atomic E-state index is 0.829. The van der Waals surface area contributed by atoms with Crippen molar-refractivity contribution in [3.8, 4) is 0 Å². The lowest BCUT2D eigenvalue weighted by molar-refractivity contribution is 0.727. The second kappa shape index (κ2) is 8.56. The molecule has 0 unspecified atom stereocenters. The molecule has 1 aromatic rings. The molecule has 1 rings (SSSR count). The van der Waals surface area contributed by atoms with Crippen molar-refractivity contribution in [3.63, 3.8) is 0 Å². The predicted molar refractivity (Wildman–Crippen MR) is 78.9 cm³/mol. The number of aliphatic imine (C=N–C) groups is 1. The molecular weight excluding hydrogens is 222 g/mol. The molecule has 0 bridgehead atoms. The number of aryl methyl sites for hydroxylation is 1. The van der Waals surface area contributed by atoms with Crippen molar-refractivity contribution in [3.05, 3.63) is 35.4 Å². The van der Waals surface area contributed by atoms with E-state index in [1.165, 1.54) is 24.0 Å². The van der Waals surface area contributed by atoms with Gasteiger partial charge in [-0.3, -0.25) is 4.99 Å². The smallest absolute Gasteiger partial charge is 0.191 e. The largest absolute Gasteiger partial charge is 0.356 e. The van der Waals surface area contributed by atoms with E-state index in [1.54, 1.807) is 0 Å². The van der Waals surface area contributed by atoms with Gasteiger partial charge in [0.15, 0.2) is 5.96 Å². The summed E-state index contributed by atoms with van der Waals surface area (Å²) >= 11 is 0. The molecule has 18 heavy (non-hydrogen) atoms. The Balaban J connectivity index is 2.47. The summed E-state index contributed by atoms with van der Waals surface area (Å²) in [4.78, 5) is 4.22. The molecule has 0 spiro atoms. The molecule has 0 saturated carbocycles. The summed E-state index contributed by atoms with van der Waals surface area (Å²) in [5.41, 5.74) is 2.74. The van der Waals surface area contributed by atoms with Crippen LogP contribution in [0.1, 0.15) is 37.8 Å². The lowest BCUT2D eigenvalue weighted by Gasteiger charge is -2.13. The standard InChI is InChI=1S/C15H25N3/c1-4-6-11-17-15(16-3)18-12-14-10-8-7-9-13(14)5-2/h7-10H,4-6,11-12H2,1-3H3,(H2,16,17,18). The van der Waals surface area contributed by atoms with Crippen LogP contribution in [0, 0.1) is 0 Å². The van der Waals surface area contributed by atoms with Crippen LogP contribution in [0.2, 0.25) is 0 Å². The molecule has 3 nitrogen and oxygen atoms in total. The average Bonchev–Trinajstić information content (AvgIpc) is 2.43. The molecule has 0 radical (unpaired) electrons. The monoisotopic (exact) mass is 247 g/mol. The van der Waals surface area contributed by atoms with E-state index in [2.05, 4.69) is 53.7 Å². The maximum Gasteiger partial charge on any atom is 0.191 e. The number of nitrogens with one attached hydrogen (secondary N) is 2. The third-order valence-electron chi connectivity index (χ3n) is 2.99. The highest BCUT2D eigenvalue weighted by Gasteiger charge is 2.01. The van der Waals surface area contributed by atoms with Crippen molar-refractivity contribution < 1.29 is 0 Å². The van der Waals surface area contributed by atoms with Crippen molar-refractivity contribution in [2.45, 2.75) is 39.7 Å². The van der Waals surface area contributed by atoms with E-state index in [0.717, 1.165) is 25.5 Å². The Bertz CT molecular complexity index is 372. The Morgan fingerprint density at radius 3 is 2.44 bits per heavy atom. The number of nitrogens with zero attached hydrogens (tertiary/aromatic N) is 1. The summed E-state index contributed by atoms with van der Waals surface area (Å²) in [5, 5.41) is 6.68. The maximum absolute atomic E-state index is 4.22. The Morgan fingerprint density at radius 1 is 1.11 bits per heavy atom. The first kappa shape index (κ1) is 14.6. The fraction of sp³-hybridized carbons (Fsp3) is 0.533. The summed E-state index contributed by atoms with van der Waals surface area (Å²) in [6, 6.07) is 8.54. The third-order valence-corrected chi connectivity index (χ3v) is 2.99. The second-order valence-corrected chi connectivity index (χ2v) is 4.33. The van der Waals surface area contributed by atoms with Crippen LogP contribution in [-0.4, -0.2) is 19.6 Å². The lowest BCUT2D eigenvalue weighted by Crippen LogP contribution is -2.37. The van der Waals surface area contributed by atoms with Crippen LogP contribution in [-0.2, 0) is 13.0 Å². The molecule has 0 heterocycles. The van der Waals surface area contributed by atoms with Gasteiger partial charge in [-0.25, -0.2) is 0 Å². The fourth-order valence-electron chi connectivity index (χ4n) is 1.86. The van der Waals surface area contributed by atoms with Crippen LogP contribution in [0.4, 0.5) is 0 Å². The van der Waals surface area contributed by atoms with Gasteiger partial charge in [0.2, 0.25) is 0 Å². The van der Waals surface area contributed by atoms with Gasteiger partial charge in [0.1, 0.15) is 0 Å². The first-order chi connectivity index (χ1) is 8.81. The molecule has 2 N–H and O–H groups in total. The minimum atomic E-state index is 0.829. The van der Waals surface area contributed by atoms with E-state index in [4.69, 9.17) is 0 Å². The Morgan fingerprint density at radius 2 is 1.83 bits per heavy atom. The zero-order valence-corrected chi connectivity index (χ0v) is 11.8. The highest BCUT2D eigenvalue weighted by Crippen LogP contribution is 2.08. The first-order valence-electron chi connectivity index (χ1n) is 6.83. The molecule has 0 atom stereocenters. The number of unbranched alkanes of at least 4 members (excludes halogenated alkanes) is 1. The third kappa shape index (κ3) is 4.78. The van der Waals surface area contributed by atoms with Crippen LogP contribution in [0.3, 0.4) is 0 Å². The molecule has 0 aliphatic carbocycles. The van der Waals surface area contributed by atoms with Crippen LogP contribution in [0.25, 0.3) is 0 Å². The SMILES string of the molecule is CCCCNC(=NC)NCc1ccccc1CC. The van der Waals surface area contributed by atoms with Gasteiger partial charge in [0.25, 0.3) is 0 Å². The minimum Gasteiger partial charge on any atom is -0.356 e. The maximum atomic E-state index is 4.22. The van der Waals surface area contributed by atoms with Crippen LogP contribution in [0.5, 0.6) is 0 Å². The first-order valence-corrected chi connectivity index (χ1v) is 6.83. The van der Waals surface area contributed by atoms with Crippen molar-refractivity contribution in [2.75, 3.05) is 13.6 Å². The Labute approximate surface area is 111 Å². The van der Waals surface area contributed by atoms with Crippen molar-refractivity contribution in [2.24, 2.45) is 4.99 Å². The number of guanidine groups is 1. The zero-order chi connectivity index (χ0) is 13.2. The highest BCUT2D eigenvalue weighted by atomic mass is 15.2. The molecule has 1 aromatic carbocycles. The topological polar surface area (TPSA) is 36.4 Å². The van der Waals surface area contributed by atoms with Crippen molar-refractivity contribution in [1.29, 1.82) is 0 Å². The van der Waals surface area contributed by atoms with E-state index < -0.39 is 0 Å². The molecule has 0 aromatic heterocycles. The van der Waals surface area contributed by atoms with Gasteiger partial charge >= 0.3 is 0 Å². The van der Waals surface area contributed by atoms with Crippen LogP contribution < -0.4 is 10.6 Å². The Kier molecular flexibility index (Phi) is 6.92. The number of hydrogen-bond donors (Lipinski definition) is 2. The zero-order valence-electron chi connectivity index (χ0n) is 11.8. The van der Waals surface area contributed by atoms with Gasteiger partial charge in [-0.15, -0.1) is 0 Å². The lowest BCUT2D eigenvalue weighted by atomic mass is 10.1. The molecular formula is C15H25N3. The molecule has 100 valence electrons. The number of benzene rings is 1. The van der Waals surface area contributed by atoms with E-state index in [1.807, 2.05) is 7.05 Å². The highest BCUT2D eigenvalue weighted by molar-refractivity contribution is 5.79. The van der Waals surface area contributed by atoms with Gasteiger partial charge in [-0.2, -0.15) is 0 Å². The van der Waals surface area contributed by atoms with Gasteiger partial charge in [0.05, 0.1) is 0 Å². The molecule has 0 aliphatic heterocycles. The number of hydrogen-bond acceptors (Lipinski definition) is 1. The second-order valence-electron chi connectivity index (χ2n) is 4.33. The molecule has 3 heteroatoms. The Hall–Kier alpha value is -1.51. The molecule has 0 saturated heterocycles. The van der Waals surface area contributed by atoms with E-state index >= 15 is 0 Å². The molecule has 0 fully saturated rings. The average molecular weight is 247 g/mol. The van der Waals surface area contributed by atoms with Crippen molar-refractivity contribution >= 4 is 5.96 Å². The van der Waals surface area contributed by atoms with Gasteiger partial charge in [-0.1, -0.05) is 44.5 Å². The summed E-state index contributed by atoms with van der Waals surface area (Å²) < 4.78 is 0. The summed E-state index contributed by atoms with van der Waals surface area (Å²) in [6.07, 6.45) is 3.44. The molecule has 0 amide bonds. The van der Waals surface area contributed by atoms with E-state index in [9.17, 15) is 0 Å². The number of rotatable bonds is 6. The van der Waals surface area contributed by atoms with Crippen LogP contribution >= 0.6 is 0 Å². The predicted octanol–water partition coefficient (Wildman–Crippen LogP) is 2.71. The van der Waals surface area contributed by atoms with Crippen LogP contribution in [0.15, 0.2) is 29.3 Å². The van der Waals surface area contributed by atoms with E-state index in [-0.39, 0.29) is 0 Å². The fourth-order valence-corrected chi connectivity index (χ4v) is 1.86. The summed E-state index contributed by atoms with van der Waals surface area (Å²) in [5.74, 6) is 0.884. The quantitative estimate of drug-likeness (QED) is 0.461. The van der Waals surface area contributed by atoms with Gasteiger partial charge in [-0.05, 0) is 24.0 Å².